The smallest absolute Gasteiger partial charge is 0.412 e. The molecule has 0 fully saturated rings. The van der Waals surface area contributed by atoms with Crippen LogP contribution in [0.5, 0.6) is 5.75 Å². The number of unbranched alkanes of at least 4 members (excludes halogenated alkanes) is 1. The first-order valence-electron chi connectivity index (χ1n) is 12.6. The highest BCUT2D eigenvalue weighted by Crippen LogP contribution is 2.31. The van der Waals surface area contributed by atoms with Crippen LogP contribution in [0.25, 0.3) is 0 Å². The van der Waals surface area contributed by atoms with E-state index in [4.69, 9.17) is 23.7 Å². The van der Waals surface area contributed by atoms with E-state index < -0.39 is 6.09 Å². The van der Waals surface area contributed by atoms with Gasteiger partial charge in [-0.25, -0.2) is 4.79 Å². The number of carbonyl (C=O) groups is 1. The van der Waals surface area contributed by atoms with E-state index in [0.717, 1.165) is 41.8 Å². The van der Waals surface area contributed by atoms with E-state index in [-0.39, 0.29) is 26.4 Å². The summed E-state index contributed by atoms with van der Waals surface area (Å²) < 4.78 is 26.9. The minimum atomic E-state index is -0.454. The number of carbonyl (C=O) groups excluding carboxylic acids is 1. The summed E-state index contributed by atoms with van der Waals surface area (Å²) in [5.74, 6) is 0.750. The number of rotatable bonds is 17. The van der Waals surface area contributed by atoms with Gasteiger partial charge in [-0.1, -0.05) is 44.0 Å². The third-order valence-electron chi connectivity index (χ3n) is 5.67. The molecule has 206 valence electrons. The molecule has 1 unspecified atom stereocenters. The van der Waals surface area contributed by atoms with Crippen LogP contribution in [0, 0.1) is 0 Å². The molecule has 0 saturated heterocycles. The van der Waals surface area contributed by atoms with E-state index in [2.05, 4.69) is 6.92 Å². The Balaban J connectivity index is 2.14. The summed E-state index contributed by atoms with van der Waals surface area (Å²) in [6, 6.07) is 15.8. The van der Waals surface area contributed by atoms with Crippen LogP contribution >= 0.6 is 0 Å². The molecule has 9 heteroatoms. The zero-order valence-corrected chi connectivity index (χ0v) is 23.1. The van der Waals surface area contributed by atoms with E-state index in [1.807, 2.05) is 86.5 Å². The Bertz CT molecular complexity index is 907. The molecule has 0 radical (unpaired) electrons. The lowest BCUT2D eigenvalue weighted by Crippen LogP contribution is -2.35. The third kappa shape index (κ3) is 11.0. The minimum absolute atomic E-state index is 0.0398. The molecule has 0 aliphatic carbocycles. The first-order valence-corrected chi connectivity index (χ1v) is 12.6. The maximum Gasteiger partial charge on any atom is 0.412 e. The van der Waals surface area contributed by atoms with E-state index in [1.54, 1.807) is 12.0 Å². The van der Waals surface area contributed by atoms with E-state index >= 15 is 0 Å². The van der Waals surface area contributed by atoms with Crippen molar-refractivity contribution in [1.29, 1.82) is 0 Å². The largest absolute Gasteiger partial charge is 0.497 e. The zero-order valence-electron chi connectivity index (χ0n) is 23.1. The number of hydrogen-bond donors (Lipinski definition) is 0. The second-order valence-electron chi connectivity index (χ2n) is 9.21. The Hall–Kier alpha value is -2.85. The van der Waals surface area contributed by atoms with Crippen LogP contribution in [-0.2, 0) is 25.5 Å². The Morgan fingerprint density at radius 3 is 2.27 bits per heavy atom. The molecule has 37 heavy (non-hydrogen) atoms. The normalized spacial score (nSPS) is 11.9. The number of benzene rings is 2. The van der Waals surface area contributed by atoms with Gasteiger partial charge in [-0.3, -0.25) is 9.80 Å². The van der Waals surface area contributed by atoms with Gasteiger partial charge in [-0.05, 0) is 55.9 Å². The van der Waals surface area contributed by atoms with Gasteiger partial charge < -0.3 is 28.6 Å². The molecule has 9 nitrogen and oxygen atoms in total. The molecular weight excluding hydrogens is 474 g/mol. The van der Waals surface area contributed by atoms with Crippen molar-refractivity contribution in [3.63, 3.8) is 0 Å². The minimum Gasteiger partial charge on any atom is -0.497 e. The summed E-state index contributed by atoms with van der Waals surface area (Å²) >= 11 is 0. The summed E-state index contributed by atoms with van der Waals surface area (Å²) in [4.78, 5) is 19.1. The number of anilines is 1. The molecule has 2 aromatic carbocycles. The maximum absolute atomic E-state index is 13.4. The number of methoxy groups -OCH3 is 1. The maximum atomic E-state index is 13.4. The van der Waals surface area contributed by atoms with Gasteiger partial charge in [0.15, 0.2) is 20.4 Å². The van der Waals surface area contributed by atoms with Crippen LogP contribution in [0.1, 0.15) is 43.4 Å². The Morgan fingerprint density at radius 2 is 1.62 bits per heavy atom. The molecule has 0 aromatic heterocycles. The fourth-order valence-electron chi connectivity index (χ4n) is 3.73. The molecule has 0 heterocycles. The molecule has 0 aliphatic rings. The van der Waals surface area contributed by atoms with Crippen LogP contribution in [0.2, 0.25) is 0 Å². The molecule has 2 aromatic rings. The van der Waals surface area contributed by atoms with Crippen molar-refractivity contribution in [3.05, 3.63) is 59.7 Å². The van der Waals surface area contributed by atoms with Crippen molar-refractivity contribution in [2.45, 2.75) is 38.8 Å². The Kier molecular flexibility index (Phi) is 13.8. The predicted molar refractivity (Wildman–Crippen MR) is 144 cm³/mol. The molecule has 1 atom stereocenters. The van der Waals surface area contributed by atoms with E-state index in [1.165, 1.54) is 0 Å². The van der Waals surface area contributed by atoms with Crippen molar-refractivity contribution in [3.8, 4) is 5.75 Å². The van der Waals surface area contributed by atoms with Gasteiger partial charge in [0.05, 0.1) is 13.2 Å². The standard InChI is InChI=1S/C28H43N3O6/c1-7-8-12-27(24-10-9-11-26(17-24)33-6)31(18-23-13-15-25(16-14-23)30(4)5)28(32)37-22-36-21-35-20-34-19-29(2)3/h9-11,13-17,27H,7-8,12,18-22H2,1-6H3. The average Bonchev–Trinajstić information content (AvgIpc) is 2.89. The summed E-state index contributed by atoms with van der Waals surface area (Å²) in [5.41, 5.74) is 3.10. The molecule has 0 N–H and O–H groups in total. The van der Waals surface area contributed by atoms with Crippen molar-refractivity contribution in [2.24, 2.45) is 0 Å². The summed E-state index contributed by atoms with van der Waals surface area (Å²) in [6.07, 6.45) is 2.31. The van der Waals surface area contributed by atoms with Crippen molar-refractivity contribution in [1.82, 2.24) is 9.80 Å². The lowest BCUT2D eigenvalue weighted by atomic mass is 9.98. The van der Waals surface area contributed by atoms with E-state index in [0.29, 0.717) is 13.3 Å². The highest BCUT2D eigenvalue weighted by molar-refractivity contribution is 5.68. The fourth-order valence-corrected chi connectivity index (χ4v) is 3.73. The quantitative estimate of drug-likeness (QED) is 0.213. The first kappa shape index (κ1) is 30.4. The predicted octanol–water partition coefficient (Wildman–Crippen LogP) is 5.07. The van der Waals surface area contributed by atoms with Gasteiger partial charge in [0.1, 0.15) is 12.5 Å². The van der Waals surface area contributed by atoms with Crippen LogP contribution in [0.15, 0.2) is 48.5 Å². The second-order valence-corrected chi connectivity index (χ2v) is 9.21. The summed E-state index contributed by atoms with van der Waals surface area (Å²) in [7, 11) is 9.44. The van der Waals surface area contributed by atoms with Crippen LogP contribution in [0.3, 0.4) is 0 Å². The Labute approximate surface area is 221 Å². The van der Waals surface area contributed by atoms with Gasteiger partial charge in [-0.2, -0.15) is 0 Å². The number of amides is 1. The Morgan fingerprint density at radius 1 is 0.919 bits per heavy atom. The number of hydrogen-bond acceptors (Lipinski definition) is 8. The van der Waals surface area contributed by atoms with Gasteiger partial charge in [0, 0.05) is 26.3 Å². The van der Waals surface area contributed by atoms with Gasteiger partial charge >= 0.3 is 6.09 Å². The molecule has 0 saturated carbocycles. The van der Waals surface area contributed by atoms with Gasteiger partial charge in [-0.15, -0.1) is 0 Å². The average molecular weight is 518 g/mol. The highest BCUT2D eigenvalue weighted by atomic mass is 16.8. The molecule has 0 spiro atoms. The monoisotopic (exact) mass is 517 g/mol. The van der Waals surface area contributed by atoms with Crippen molar-refractivity contribution >= 4 is 11.8 Å². The summed E-state index contributed by atoms with van der Waals surface area (Å²) in [5, 5.41) is 0. The van der Waals surface area contributed by atoms with Gasteiger partial charge in [0.2, 0.25) is 0 Å². The number of nitrogens with zero attached hydrogens (tertiary/aromatic N) is 3. The second kappa shape index (κ2) is 16.8. The number of ether oxygens (including phenoxy) is 5. The molecule has 0 aliphatic heterocycles. The van der Waals surface area contributed by atoms with Crippen molar-refractivity contribution in [2.75, 3.05) is 67.3 Å². The van der Waals surface area contributed by atoms with Gasteiger partial charge in [0.25, 0.3) is 0 Å². The first-order chi connectivity index (χ1) is 17.8. The van der Waals surface area contributed by atoms with Crippen molar-refractivity contribution < 1.29 is 28.5 Å². The molecule has 2 rings (SSSR count). The topological polar surface area (TPSA) is 72.9 Å². The lowest BCUT2D eigenvalue weighted by molar-refractivity contribution is -0.168. The fraction of sp³-hybridized carbons (Fsp3) is 0.536. The zero-order chi connectivity index (χ0) is 27.0. The van der Waals surface area contributed by atoms with Crippen LogP contribution in [0.4, 0.5) is 10.5 Å². The summed E-state index contributed by atoms with van der Waals surface area (Å²) in [6.45, 7) is 2.82. The van der Waals surface area contributed by atoms with E-state index in [9.17, 15) is 4.79 Å². The molecule has 1 amide bonds. The molecular formula is C28H43N3O6. The lowest BCUT2D eigenvalue weighted by Gasteiger charge is -2.32. The van der Waals surface area contributed by atoms with Crippen LogP contribution < -0.4 is 9.64 Å². The highest BCUT2D eigenvalue weighted by Gasteiger charge is 2.27. The molecule has 0 bridgehead atoms. The third-order valence-corrected chi connectivity index (χ3v) is 5.67. The SMILES string of the molecule is CCCCC(c1cccc(OC)c1)N(Cc1ccc(N(C)C)cc1)C(=O)OCOCOCOCN(C)C. The van der Waals surface area contributed by atoms with Crippen LogP contribution in [-0.4, -0.2) is 78.3 Å².